The summed E-state index contributed by atoms with van der Waals surface area (Å²) in [6, 6.07) is 9.83. The number of hydrogen-bond acceptors (Lipinski definition) is 2. The minimum atomic E-state index is 0.392. The first-order valence-corrected chi connectivity index (χ1v) is 8.21. The SMILES string of the molecule is CC(C)c1ccc(N2CC3(CCCC3)NCC2C)cc1. The highest BCUT2D eigenvalue weighted by Crippen LogP contribution is 2.35. The van der Waals surface area contributed by atoms with Crippen LogP contribution in [0.4, 0.5) is 5.69 Å². The highest BCUT2D eigenvalue weighted by molar-refractivity contribution is 5.50. The van der Waals surface area contributed by atoms with E-state index in [0.29, 0.717) is 17.5 Å². The Hall–Kier alpha value is -1.02. The number of rotatable bonds is 2. The predicted molar refractivity (Wildman–Crippen MR) is 86.5 cm³/mol. The Morgan fingerprint density at radius 1 is 1.15 bits per heavy atom. The standard InChI is InChI=1S/C18H28N2/c1-14(2)16-6-8-17(9-7-16)20-13-18(10-4-5-11-18)19-12-15(20)3/h6-9,14-15,19H,4-5,10-13H2,1-3H3. The molecule has 0 radical (unpaired) electrons. The van der Waals surface area contributed by atoms with Gasteiger partial charge in [-0.1, -0.05) is 38.8 Å². The zero-order valence-electron chi connectivity index (χ0n) is 13.2. The van der Waals surface area contributed by atoms with Crippen LogP contribution in [0.3, 0.4) is 0 Å². The summed E-state index contributed by atoms with van der Waals surface area (Å²) < 4.78 is 0. The molecule has 2 fully saturated rings. The Bertz CT molecular complexity index is 443. The maximum absolute atomic E-state index is 3.83. The lowest BCUT2D eigenvalue weighted by atomic mass is 9.92. The van der Waals surface area contributed by atoms with E-state index in [1.165, 1.54) is 43.5 Å². The molecule has 2 heteroatoms. The maximum Gasteiger partial charge on any atom is 0.0387 e. The van der Waals surface area contributed by atoms with Crippen LogP contribution in [0, 0.1) is 0 Å². The summed E-state index contributed by atoms with van der Waals surface area (Å²) in [5.74, 6) is 0.616. The largest absolute Gasteiger partial charge is 0.366 e. The molecule has 1 aromatic carbocycles. The lowest BCUT2D eigenvalue weighted by molar-refractivity contribution is 0.276. The molecule has 1 spiro atoms. The molecule has 1 aliphatic carbocycles. The van der Waals surface area contributed by atoms with Crippen LogP contribution in [0.15, 0.2) is 24.3 Å². The predicted octanol–water partition coefficient (Wildman–Crippen LogP) is 3.92. The van der Waals surface area contributed by atoms with Crippen molar-refractivity contribution in [2.45, 2.75) is 64.0 Å². The van der Waals surface area contributed by atoms with Gasteiger partial charge in [0.2, 0.25) is 0 Å². The normalized spacial score (nSPS) is 25.6. The second kappa shape index (κ2) is 5.40. The Balaban J connectivity index is 1.80. The molecule has 0 aromatic heterocycles. The van der Waals surface area contributed by atoms with Gasteiger partial charge >= 0.3 is 0 Å². The van der Waals surface area contributed by atoms with E-state index in [9.17, 15) is 0 Å². The van der Waals surface area contributed by atoms with Crippen LogP contribution in [0.1, 0.15) is 57.9 Å². The van der Waals surface area contributed by atoms with Gasteiger partial charge in [0.15, 0.2) is 0 Å². The van der Waals surface area contributed by atoms with Crippen LogP contribution in [0.25, 0.3) is 0 Å². The molecule has 0 amide bonds. The second-order valence-corrected chi connectivity index (χ2v) is 7.09. The molecule has 2 nitrogen and oxygen atoms in total. The maximum atomic E-state index is 3.83. The van der Waals surface area contributed by atoms with E-state index < -0.39 is 0 Å². The van der Waals surface area contributed by atoms with Crippen LogP contribution in [0.2, 0.25) is 0 Å². The minimum absolute atomic E-state index is 0.392. The fraction of sp³-hybridized carbons (Fsp3) is 0.667. The van der Waals surface area contributed by atoms with Crippen LogP contribution in [-0.4, -0.2) is 24.7 Å². The van der Waals surface area contributed by atoms with Crippen molar-refractivity contribution in [3.63, 3.8) is 0 Å². The van der Waals surface area contributed by atoms with E-state index in [0.717, 1.165) is 6.54 Å². The molecule has 1 saturated carbocycles. The summed E-state index contributed by atoms with van der Waals surface area (Å²) in [6.45, 7) is 9.15. The average molecular weight is 272 g/mol. The lowest BCUT2D eigenvalue weighted by Crippen LogP contribution is -2.62. The summed E-state index contributed by atoms with van der Waals surface area (Å²) in [6.07, 6.45) is 5.48. The number of hydrogen-bond donors (Lipinski definition) is 1. The number of anilines is 1. The quantitative estimate of drug-likeness (QED) is 0.878. The molecule has 110 valence electrons. The topological polar surface area (TPSA) is 15.3 Å². The van der Waals surface area contributed by atoms with Gasteiger partial charge in [0.1, 0.15) is 0 Å². The van der Waals surface area contributed by atoms with Gasteiger partial charge in [-0.25, -0.2) is 0 Å². The fourth-order valence-electron chi connectivity index (χ4n) is 3.80. The molecule has 1 aromatic rings. The first-order valence-electron chi connectivity index (χ1n) is 8.21. The first kappa shape index (κ1) is 13.9. The second-order valence-electron chi connectivity index (χ2n) is 7.09. The van der Waals surface area contributed by atoms with Crippen molar-refractivity contribution >= 4 is 5.69 Å². The van der Waals surface area contributed by atoms with E-state index in [1.54, 1.807) is 0 Å². The number of piperazine rings is 1. The van der Waals surface area contributed by atoms with Crippen molar-refractivity contribution in [3.05, 3.63) is 29.8 Å². The number of nitrogens with one attached hydrogen (secondary N) is 1. The molecule has 1 saturated heterocycles. The third-order valence-corrected chi connectivity index (χ3v) is 5.23. The lowest BCUT2D eigenvalue weighted by Gasteiger charge is -2.46. The Morgan fingerprint density at radius 2 is 1.80 bits per heavy atom. The molecule has 1 atom stereocenters. The van der Waals surface area contributed by atoms with Crippen molar-refractivity contribution < 1.29 is 0 Å². The third-order valence-electron chi connectivity index (χ3n) is 5.23. The van der Waals surface area contributed by atoms with E-state index in [2.05, 4.69) is 55.3 Å². The molecule has 0 bridgehead atoms. The first-order chi connectivity index (χ1) is 9.60. The Morgan fingerprint density at radius 3 is 2.40 bits per heavy atom. The van der Waals surface area contributed by atoms with Gasteiger partial charge in [-0.3, -0.25) is 0 Å². The van der Waals surface area contributed by atoms with E-state index in [-0.39, 0.29) is 0 Å². The zero-order valence-corrected chi connectivity index (χ0v) is 13.2. The molecular formula is C18H28N2. The summed E-state index contributed by atoms with van der Waals surface area (Å²) >= 11 is 0. The van der Waals surface area contributed by atoms with Gasteiger partial charge in [0.05, 0.1) is 0 Å². The molecule has 1 unspecified atom stereocenters. The number of benzene rings is 1. The molecule has 3 rings (SSSR count). The molecule has 1 heterocycles. The van der Waals surface area contributed by atoms with Gasteiger partial charge in [-0.15, -0.1) is 0 Å². The van der Waals surface area contributed by atoms with Gasteiger partial charge in [0, 0.05) is 30.4 Å². The minimum Gasteiger partial charge on any atom is -0.366 e. The summed E-state index contributed by atoms with van der Waals surface area (Å²) in [4.78, 5) is 2.62. The van der Waals surface area contributed by atoms with Crippen LogP contribution in [-0.2, 0) is 0 Å². The molecule has 2 aliphatic rings. The van der Waals surface area contributed by atoms with Gasteiger partial charge < -0.3 is 10.2 Å². The van der Waals surface area contributed by atoms with E-state index in [1.807, 2.05) is 0 Å². The highest BCUT2D eigenvalue weighted by atomic mass is 15.3. The summed E-state index contributed by atoms with van der Waals surface area (Å²) in [5.41, 5.74) is 3.23. The smallest absolute Gasteiger partial charge is 0.0387 e. The molecule has 1 aliphatic heterocycles. The molecule has 1 N–H and O–H groups in total. The van der Waals surface area contributed by atoms with Gasteiger partial charge in [-0.2, -0.15) is 0 Å². The van der Waals surface area contributed by atoms with Crippen LogP contribution >= 0.6 is 0 Å². The molecule has 20 heavy (non-hydrogen) atoms. The van der Waals surface area contributed by atoms with Crippen LogP contribution < -0.4 is 10.2 Å². The zero-order chi connectivity index (χ0) is 14.2. The van der Waals surface area contributed by atoms with Crippen molar-refractivity contribution in [2.75, 3.05) is 18.0 Å². The van der Waals surface area contributed by atoms with E-state index in [4.69, 9.17) is 0 Å². The van der Waals surface area contributed by atoms with Crippen molar-refractivity contribution in [3.8, 4) is 0 Å². The van der Waals surface area contributed by atoms with E-state index >= 15 is 0 Å². The fourth-order valence-corrected chi connectivity index (χ4v) is 3.80. The van der Waals surface area contributed by atoms with Crippen molar-refractivity contribution in [2.24, 2.45) is 0 Å². The van der Waals surface area contributed by atoms with Gasteiger partial charge in [-0.05, 0) is 43.4 Å². The van der Waals surface area contributed by atoms with Crippen LogP contribution in [0.5, 0.6) is 0 Å². The number of nitrogens with zero attached hydrogens (tertiary/aromatic N) is 1. The van der Waals surface area contributed by atoms with Crippen molar-refractivity contribution in [1.29, 1.82) is 0 Å². The Kier molecular flexibility index (Phi) is 3.76. The van der Waals surface area contributed by atoms with Gasteiger partial charge in [0.25, 0.3) is 0 Å². The average Bonchev–Trinajstić information content (AvgIpc) is 2.90. The highest BCUT2D eigenvalue weighted by Gasteiger charge is 2.39. The monoisotopic (exact) mass is 272 g/mol. The Labute approximate surface area is 123 Å². The summed E-state index contributed by atoms with van der Waals surface area (Å²) in [7, 11) is 0. The summed E-state index contributed by atoms with van der Waals surface area (Å²) in [5, 5.41) is 3.83. The third kappa shape index (κ3) is 2.58. The molecular weight excluding hydrogens is 244 g/mol. The van der Waals surface area contributed by atoms with Crippen molar-refractivity contribution in [1.82, 2.24) is 5.32 Å².